The molecule has 1 N–H and O–H groups in total. The van der Waals surface area contributed by atoms with Gasteiger partial charge in [0, 0.05) is 20.7 Å². The van der Waals surface area contributed by atoms with Crippen LogP contribution < -0.4 is 5.32 Å². The molecule has 2 aromatic carbocycles. The monoisotopic (exact) mass is 411 g/mol. The van der Waals surface area contributed by atoms with Crippen molar-refractivity contribution in [2.45, 2.75) is 0 Å². The van der Waals surface area contributed by atoms with Crippen LogP contribution in [0, 0.1) is 21.0 Å². The fourth-order valence-electron chi connectivity index (χ4n) is 1.51. The second-order valence-electron chi connectivity index (χ2n) is 3.82. The number of benzene rings is 2. The van der Waals surface area contributed by atoms with Gasteiger partial charge in [0.1, 0.15) is 11.5 Å². The zero-order valence-corrected chi connectivity index (χ0v) is 12.6. The number of anilines is 1. The summed E-state index contributed by atoms with van der Waals surface area (Å²) < 4.78 is 40.2. The van der Waals surface area contributed by atoms with Crippen LogP contribution in [0.3, 0.4) is 0 Å². The van der Waals surface area contributed by atoms with Gasteiger partial charge in [-0.15, -0.1) is 0 Å². The number of carbonyl (C=O) groups excluding carboxylic acids is 1. The first-order valence-corrected chi connectivity index (χ1v) is 6.75. The topological polar surface area (TPSA) is 29.1 Å². The van der Waals surface area contributed by atoms with Crippen molar-refractivity contribution in [1.82, 2.24) is 0 Å². The van der Waals surface area contributed by atoms with E-state index in [1.165, 1.54) is 6.07 Å². The average molecular weight is 412 g/mol. The minimum Gasteiger partial charge on any atom is -0.317 e. The smallest absolute Gasteiger partial charge is 0.256 e. The Labute approximate surface area is 131 Å². The molecule has 0 spiro atoms. The Bertz CT molecular complexity index is 670. The Morgan fingerprint density at radius 3 is 2.30 bits per heavy atom. The molecule has 0 bridgehead atoms. The van der Waals surface area contributed by atoms with Crippen molar-refractivity contribution in [2.24, 2.45) is 0 Å². The molecule has 0 heterocycles. The van der Waals surface area contributed by atoms with Gasteiger partial charge in [-0.2, -0.15) is 0 Å². The molecule has 2 nitrogen and oxygen atoms in total. The van der Waals surface area contributed by atoms with Gasteiger partial charge in [-0.1, -0.05) is 11.6 Å². The van der Waals surface area contributed by atoms with Crippen LogP contribution in [0.5, 0.6) is 0 Å². The van der Waals surface area contributed by atoms with Crippen LogP contribution in [0.2, 0.25) is 5.02 Å². The van der Waals surface area contributed by atoms with Crippen molar-refractivity contribution in [3.05, 3.63) is 61.9 Å². The molecule has 0 atom stereocenters. The van der Waals surface area contributed by atoms with Gasteiger partial charge in [-0.05, 0) is 40.8 Å². The van der Waals surface area contributed by atoms with Gasteiger partial charge in [0.2, 0.25) is 0 Å². The molecule has 0 aliphatic carbocycles. The quantitative estimate of drug-likeness (QED) is 0.718. The molecule has 0 aromatic heterocycles. The molecule has 0 fully saturated rings. The molecular weight excluding hydrogens is 406 g/mol. The lowest BCUT2D eigenvalue weighted by atomic mass is 10.2. The summed E-state index contributed by atoms with van der Waals surface area (Å²) in [5.74, 6) is -4.17. The average Bonchev–Trinajstić information content (AvgIpc) is 2.36. The Balaban J connectivity index is 2.35. The van der Waals surface area contributed by atoms with E-state index in [-0.39, 0.29) is 5.56 Å². The van der Waals surface area contributed by atoms with E-state index in [0.29, 0.717) is 20.7 Å². The molecule has 7 heteroatoms. The molecule has 20 heavy (non-hydrogen) atoms. The van der Waals surface area contributed by atoms with Gasteiger partial charge in [-0.3, -0.25) is 4.79 Å². The molecule has 0 aliphatic heterocycles. The van der Waals surface area contributed by atoms with E-state index in [9.17, 15) is 18.0 Å². The second-order valence-corrected chi connectivity index (χ2v) is 5.42. The number of rotatable bonds is 2. The lowest BCUT2D eigenvalue weighted by Gasteiger charge is -2.09. The highest BCUT2D eigenvalue weighted by atomic mass is 127. The predicted molar refractivity (Wildman–Crippen MR) is 78.4 cm³/mol. The molecule has 0 saturated carbocycles. The van der Waals surface area contributed by atoms with E-state index in [1.54, 1.807) is 12.1 Å². The van der Waals surface area contributed by atoms with Crippen LogP contribution >= 0.6 is 34.2 Å². The Morgan fingerprint density at radius 2 is 1.70 bits per heavy atom. The molecule has 2 aromatic rings. The third-order valence-electron chi connectivity index (χ3n) is 2.42. The number of halogens is 5. The first kappa shape index (κ1) is 15.1. The van der Waals surface area contributed by atoms with E-state index in [2.05, 4.69) is 5.32 Å². The number of amides is 1. The van der Waals surface area contributed by atoms with E-state index >= 15 is 0 Å². The molecule has 2 rings (SSSR count). The van der Waals surface area contributed by atoms with Crippen LogP contribution in [0.25, 0.3) is 0 Å². The van der Waals surface area contributed by atoms with Gasteiger partial charge in [0.15, 0.2) is 11.6 Å². The third-order valence-corrected chi connectivity index (χ3v) is 3.59. The molecule has 0 aliphatic rings. The minimum atomic E-state index is -1.19. The normalized spacial score (nSPS) is 10.4. The number of hydrogen-bond donors (Lipinski definition) is 1. The van der Waals surface area contributed by atoms with Gasteiger partial charge >= 0.3 is 0 Å². The van der Waals surface area contributed by atoms with Crippen LogP contribution in [0.1, 0.15) is 10.4 Å². The molecule has 0 radical (unpaired) electrons. The summed E-state index contributed by atoms with van der Waals surface area (Å²) in [6, 6.07) is 5.52. The SMILES string of the molecule is O=C(Nc1c(F)cc(F)cc1F)c1cc(Cl)ccc1I. The van der Waals surface area contributed by atoms with Gasteiger partial charge in [0.05, 0.1) is 5.56 Å². The van der Waals surface area contributed by atoms with E-state index in [0.717, 1.165) is 0 Å². The summed E-state index contributed by atoms with van der Waals surface area (Å²) in [5.41, 5.74) is -0.534. The third kappa shape index (κ3) is 3.24. The maximum Gasteiger partial charge on any atom is 0.256 e. The first-order chi connectivity index (χ1) is 9.38. The Morgan fingerprint density at radius 1 is 1.10 bits per heavy atom. The Hall–Kier alpha value is -1.28. The van der Waals surface area contributed by atoms with Crippen molar-refractivity contribution < 1.29 is 18.0 Å². The summed E-state index contributed by atoms with van der Waals surface area (Å²) in [7, 11) is 0. The summed E-state index contributed by atoms with van der Waals surface area (Å²) >= 11 is 7.66. The molecule has 104 valence electrons. The molecule has 1 amide bonds. The highest BCUT2D eigenvalue weighted by Gasteiger charge is 2.17. The summed E-state index contributed by atoms with van der Waals surface area (Å²) in [6.07, 6.45) is 0. The zero-order chi connectivity index (χ0) is 14.9. The van der Waals surface area contributed by atoms with Gasteiger partial charge in [0.25, 0.3) is 5.91 Å². The lowest BCUT2D eigenvalue weighted by Crippen LogP contribution is -2.16. The molecule has 0 saturated heterocycles. The largest absolute Gasteiger partial charge is 0.317 e. The van der Waals surface area contributed by atoms with Gasteiger partial charge in [-0.25, -0.2) is 13.2 Å². The summed E-state index contributed by atoms with van der Waals surface area (Å²) in [4.78, 5) is 12.0. The molecular formula is C13H6ClF3INO. The predicted octanol–water partition coefficient (Wildman–Crippen LogP) is 4.61. The van der Waals surface area contributed by atoms with Crippen molar-refractivity contribution in [2.75, 3.05) is 5.32 Å². The van der Waals surface area contributed by atoms with Crippen LogP contribution in [0.4, 0.5) is 18.9 Å². The maximum absolute atomic E-state index is 13.4. The van der Waals surface area contributed by atoms with Crippen molar-refractivity contribution in [3.63, 3.8) is 0 Å². The van der Waals surface area contributed by atoms with Crippen molar-refractivity contribution >= 4 is 45.8 Å². The minimum absolute atomic E-state index is 0.168. The van der Waals surface area contributed by atoms with Crippen molar-refractivity contribution in [3.8, 4) is 0 Å². The second kappa shape index (κ2) is 6.01. The summed E-state index contributed by atoms with van der Waals surface area (Å²) in [6.45, 7) is 0. The highest BCUT2D eigenvalue weighted by molar-refractivity contribution is 14.1. The van der Waals surface area contributed by atoms with Gasteiger partial charge < -0.3 is 5.32 Å². The van der Waals surface area contributed by atoms with E-state index in [4.69, 9.17) is 11.6 Å². The highest BCUT2D eigenvalue weighted by Crippen LogP contribution is 2.23. The fraction of sp³-hybridized carbons (Fsp3) is 0. The Kier molecular flexibility index (Phi) is 4.54. The fourth-order valence-corrected chi connectivity index (χ4v) is 2.27. The van der Waals surface area contributed by atoms with Crippen LogP contribution in [-0.2, 0) is 0 Å². The summed E-state index contributed by atoms with van der Waals surface area (Å²) in [5, 5.41) is 2.39. The van der Waals surface area contributed by atoms with E-state index in [1.807, 2.05) is 22.6 Å². The van der Waals surface area contributed by atoms with E-state index < -0.39 is 29.0 Å². The number of carbonyl (C=O) groups is 1. The lowest BCUT2D eigenvalue weighted by molar-refractivity contribution is 0.102. The molecule has 0 unspecified atom stereocenters. The van der Waals surface area contributed by atoms with Crippen LogP contribution in [-0.4, -0.2) is 5.91 Å². The number of hydrogen-bond acceptors (Lipinski definition) is 1. The zero-order valence-electron chi connectivity index (χ0n) is 9.68. The maximum atomic E-state index is 13.4. The van der Waals surface area contributed by atoms with Crippen molar-refractivity contribution in [1.29, 1.82) is 0 Å². The standard InChI is InChI=1S/C13H6ClF3INO/c14-6-1-2-11(18)8(3-6)13(20)19-12-9(16)4-7(15)5-10(12)17/h1-5H,(H,19,20). The first-order valence-electron chi connectivity index (χ1n) is 5.29. The number of nitrogens with one attached hydrogen (secondary N) is 1. The van der Waals surface area contributed by atoms with Crippen LogP contribution in [0.15, 0.2) is 30.3 Å².